The molecule has 0 aromatic rings. The molecule has 0 atom stereocenters. The quantitative estimate of drug-likeness (QED) is 0.571. The number of hydrogen-bond donors (Lipinski definition) is 0. The summed E-state index contributed by atoms with van der Waals surface area (Å²) in [6.45, 7) is 7.56. The molecule has 0 aliphatic carbocycles. The Morgan fingerprint density at radius 2 is 1.67 bits per heavy atom. The zero-order chi connectivity index (χ0) is 11.7. The summed E-state index contributed by atoms with van der Waals surface area (Å²) < 4.78 is 15.8. The largest absolute Gasteiger partial charge is 0.489 e. The molecule has 15 heavy (non-hydrogen) atoms. The molecule has 0 fully saturated rings. The highest BCUT2D eigenvalue weighted by Gasteiger charge is 2.36. The van der Waals surface area contributed by atoms with E-state index in [0.717, 1.165) is 32.1 Å². The molecule has 89 valence electrons. The van der Waals surface area contributed by atoms with Gasteiger partial charge in [-0.2, -0.15) is 0 Å². The first-order chi connectivity index (χ1) is 7.17. The van der Waals surface area contributed by atoms with Gasteiger partial charge in [-0.25, -0.2) is 0 Å². The lowest BCUT2D eigenvalue weighted by molar-refractivity contribution is 0.163. The minimum absolute atomic E-state index is 0.833. The molecule has 0 bridgehead atoms. The molecule has 0 unspecified atom stereocenters. The van der Waals surface area contributed by atoms with Gasteiger partial charge in [0.1, 0.15) is 0 Å². The van der Waals surface area contributed by atoms with E-state index in [9.17, 15) is 0 Å². The third kappa shape index (κ3) is 5.23. The molecular weight excluding hydrogens is 226 g/mol. The fraction of sp³-hybridized carbons (Fsp3) is 1.00. The average Bonchev–Trinajstić information content (AvgIpc) is 2.31. The van der Waals surface area contributed by atoms with E-state index in [4.69, 9.17) is 13.0 Å². The number of hydrogen-bond acceptors (Lipinski definition) is 4. The van der Waals surface area contributed by atoms with Crippen molar-refractivity contribution in [2.24, 2.45) is 0 Å². The molecule has 4 nitrogen and oxygen atoms in total. The SMILES string of the molecule is CCN(CC)CCC[Si](OC)(OC)O[Si]. The van der Waals surface area contributed by atoms with E-state index in [0.29, 0.717) is 0 Å². The van der Waals surface area contributed by atoms with Gasteiger partial charge in [0.25, 0.3) is 0 Å². The van der Waals surface area contributed by atoms with Crippen LogP contribution in [0.25, 0.3) is 0 Å². The van der Waals surface area contributed by atoms with Crippen molar-refractivity contribution >= 4 is 19.3 Å². The Labute approximate surface area is 97.8 Å². The van der Waals surface area contributed by atoms with E-state index < -0.39 is 8.80 Å². The van der Waals surface area contributed by atoms with Crippen LogP contribution in [0.1, 0.15) is 20.3 Å². The van der Waals surface area contributed by atoms with Crippen molar-refractivity contribution in [3.05, 3.63) is 0 Å². The first kappa shape index (κ1) is 15.3. The molecule has 0 aromatic carbocycles. The Morgan fingerprint density at radius 1 is 1.13 bits per heavy atom. The molecule has 0 aliphatic heterocycles. The van der Waals surface area contributed by atoms with Gasteiger partial charge < -0.3 is 17.9 Å². The molecule has 3 radical (unpaired) electrons. The lowest BCUT2D eigenvalue weighted by Gasteiger charge is -2.26. The second kappa shape index (κ2) is 8.43. The maximum atomic E-state index is 5.31. The Balaban J connectivity index is 3.89. The van der Waals surface area contributed by atoms with Crippen LogP contribution in [0.5, 0.6) is 0 Å². The fourth-order valence-electron chi connectivity index (χ4n) is 1.48. The van der Waals surface area contributed by atoms with Crippen LogP contribution in [0.15, 0.2) is 0 Å². The molecule has 0 saturated heterocycles. The van der Waals surface area contributed by atoms with E-state index in [1.165, 1.54) is 0 Å². The van der Waals surface area contributed by atoms with Crippen molar-refractivity contribution in [2.45, 2.75) is 26.3 Å². The Kier molecular flexibility index (Phi) is 8.58. The minimum atomic E-state index is -2.42. The van der Waals surface area contributed by atoms with Gasteiger partial charge in [0, 0.05) is 20.3 Å². The summed E-state index contributed by atoms with van der Waals surface area (Å²) in [5.41, 5.74) is 0. The molecule has 0 spiro atoms. The van der Waals surface area contributed by atoms with Gasteiger partial charge in [-0.15, -0.1) is 0 Å². The van der Waals surface area contributed by atoms with Crippen molar-refractivity contribution in [3.8, 4) is 0 Å². The number of rotatable bonds is 9. The lowest BCUT2D eigenvalue weighted by Crippen LogP contribution is -2.43. The van der Waals surface area contributed by atoms with Crippen LogP contribution in [-0.2, 0) is 13.0 Å². The van der Waals surface area contributed by atoms with Gasteiger partial charge in [-0.1, -0.05) is 13.8 Å². The zero-order valence-corrected chi connectivity index (χ0v) is 12.2. The van der Waals surface area contributed by atoms with E-state index >= 15 is 0 Å². The standard InChI is InChI=1S/C9H22NO3Si2/c1-5-10(6-2)8-7-9-15(11-3,12-4)13-14/h5-9H2,1-4H3. The second-order valence-corrected chi connectivity index (χ2v) is 6.82. The fourth-order valence-corrected chi connectivity index (χ4v) is 3.72. The van der Waals surface area contributed by atoms with Gasteiger partial charge >= 0.3 is 8.80 Å². The molecule has 0 amide bonds. The van der Waals surface area contributed by atoms with Gasteiger partial charge in [0.05, 0.1) is 0 Å². The first-order valence-corrected chi connectivity index (χ1v) is 7.69. The second-order valence-electron chi connectivity index (χ2n) is 3.32. The van der Waals surface area contributed by atoms with Crippen LogP contribution in [0, 0.1) is 0 Å². The number of nitrogens with zero attached hydrogens (tertiary/aromatic N) is 1. The Hall–Kier alpha value is 0.274. The van der Waals surface area contributed by atoms with Crippen LogP contribution in [0.3, 0.4) is 0 Å². The van der Waals surface area contributed by atoms with Gasteiger partial charge in [0.15, 0.2) is 0 Å². The summed E-state index contributed by atoms with van der Waals surface area (Å²) in [5.74, 6) is 0. The summed E-state index contributed by atoms with van der Waals surface area (Å²) in [6, 6.07) is 0.833. The molecular formula is C9H22NO3Si2. The lowest BCUT2D eigenvalue weighted by atomic mass is 10.4. The Morgan fingerprint density at radius 3 is 2.00 bits per heavy atom. The summed E-state index contributed by atoms with van der Waals surface area (Å²) in [5, 5.41) is 0. The molecule has 0 saturated carbocycles. The maximum Gasteiger partial charge on any atom is 0.489 e. The van der Waals surface area contributed by atoms with Crippen molar-refractivity contribution in [1.82, 2.24) is 4.90 Å². The Bertz CT molecular complexity index is 144. The van der Waals surface area contributed by atoms with Crippen molar-refractivity contribution < 1.29 is 13.0 Å². The summed E-state index contributed by atoms with van der Waals surface area (Å²) in [6.07, 6.45) is 1.03. The van der Waals surface area contributed by atoms with Crippen LogP contribution in [-0.4, -0.2) is 58.0 Å². The molecule has 0 N–H and O–H groups in total. The highest BCUT2D eigenvalue weighted by Crippen LogP contribution is 2.14. The molecule has 0 heterocycles. The molecule has 0 aromatic heterocycles. The van der Waals surface area contributed by atoms with E-state index in [1.54, 1.807) is 14.2 Å². The third-order valence-corrected chi connectivity index (χ3v) is 6.08. The van der Waals surface area contributed by atoms with Crippen molar-refractivity contribution in [2.75, 3.05) is 33.9 Å². The van der Waals surface area contributed by atoms with Crippen LogP contribution < -0.4 is 0 Å². The normalized spacial score (nSPS) is 12.4. The van der Waals surface area contributed by atoms with E-state index in [-0.39, 0.29) is 0 Å². The van der Waals surface area contributed by atoms with Gasteiger partial charge in [-0.05, 0) is 26.1 Å². The van der Waals surface area contributed by atoms with Crippen LogP contribution >= 0.6 is 0 Å². The summed E-state index contributed by atoms with van der Waals surface area (Å²) in [7, 11) is 3.88. The van der Waals surface area contributed by atoms with Gasteiger partial charge in [-0.3, -0.25) is 0 Å². The highest BCUT2D eigenvalue weighted by molar-refractivity contribution is 6.63. The average molecular weight is 248 g/mol. The predicted octanol–water partition coefficient (Wildman–Crippen LogP) is 1.05. The van der Waals surface area contributed by atoms with E-state index in [2.05, 4.69) is 29.2 Å². The minimum Gasteiger partial charge on any atom is -0.415 e. The summed E-state index contributed by atoms with van der Waals surface area (Å²) in [4.78, 5) is 2.37. The van der Waals surface area contributed by atoms with Crippen LogP contribution in [0.2, 0.25) is 6.04 Å². The molecule has 0 aliphatic rings. The van der Waals surface area contributed by atoms with Crippen molar-refractivity contribution in [1.29, 1.82) is 0 Å². The topological polar surface area (TPSA) is 30.9 Å². The highest BCUT2D eigenvalue weighted by atomic mass is 28.4. The maximum absolute atomic E-state index is 5.31. The molecule has 6 heteroatoms. The molecule has 0 rings (SSSR count). The smallest absolute Gasteiger partial charge is 0.415 e. The first-order valence-electron chi connectivity index (χ1n) is 5.35. The third-order valence-electron chi connectivity index (χ3n) is 2.63. The van der Waals surface area contributed by atoms with Crippen LogP contribution in [0.4, 0.5) is 0 Å². The summed E-state index contributed by atoms with van der Waals surface area (Å²) >= 11 is 0. The van der Waals surface area contributed by atoms with Crippen molar-refractivity contribution in [3.63, 3.8) is 0 Å². The zero-order valence-electron chi connectivity index (χ0n) is 10.2. The predicted molar refractivity (Wildman–Crippen MR) is 63.8 cm³/mol. The van der Waals surface area contributed by atoms with E-state index in [1.807, 2.05) is 0 Å². The van der Waals surface area contributed by atoms with Gasteiger partial charge in [0.2, 0.25) is 10.5 Å². The monoisotopic (exact) mass is 248 g/mol.